The van der Waals surface area contributed by atoms with Gasteiger partial charge in [-0.15, -0.1) is 0 Å². The summed E-state index contributed by atoms with van der Waals surface area (Å²) in [5.41, 5.74) is 1.13. The minimum absolute atomic E-state index is 0.0227. The SMILES string of the molecule is O=C(CCc1ccc(F)c(F)c1)Nc1n[nH]c2c1c(=O)[nH]c1cnccc12. The van der Waals surface area contributed by atoms with E-state index >= 15 is 0 Å². The van der Waals surface area contributed by atoms with Crippen LogP contribution in [0.1, 0.15) is 12.0 Å². The number of rotatable bonds is 4. The Kier molecular flexibility index (Phi) is 4.11. The summed E-state index contributed by atoms with van der Waals surface area (Å²) >= 11 is 0. The maximum atomic E-state index is 13.2. The zero-order chi connectivity index (χ0) is 19.0. The fourth-order valence-corrected chi connectivity index (χ4v) is 2.89. The standard InChI is InChI=1S/C18H13F2N5O2/c19-11-3-1-9(7-12(11)20)2-4-14(26)23-17-15-16(24-25-17)10-5-6-21-8-13(10)22-18(15)27/h1,3,5-8H,2,4H2,(H,22,27)(H2,23,24,25,26). The van der Waals surface area contributed by atoms with Crippen LogP contribution in [0.25, 0.3) is 21.8 Å². The zero-order valence-corrected chi connectivity index (χ0v) is 13.8. The number of aryl methyl sites for hydroxylation is 1. The van der Waals surface area contributed by atoms with Crippen LogP contribution in [0, 0.1) is 11.6 Å². The van der Waals surface area contributed by atoms with E-state index in [1.807, 2.05) is 0 Å². The van der Waals surface area contributed by atoms with Gasteiger partial charge in [0.05, 0.1) is 17.2 Å². The molecule has 0 saturated carbocycles. The molecule has 4 rings (SSSR count). The van der Waals surface area contributed by atoms with Crippen LogP contribution >= 0.6 is 0 Å². The molecule has 0 aliphatic carbocycles. The number of hydrogen-bond acceptors (Lipinski definition) is 4. The molecule has 0 aliphatic rings. The second-order valence-corrected chi connectivity index (χ2v) is 5.99. The molecule has 0 unspecified atom stereocenters. The lowest BCUT2D eigenvalue weighted by atomic mass is 10.1. The fraction of sp³-hybridized carbons (Fsp3) is 0.111. The summed E-state index contributed by atoms with van der Waals surface area (Å²) in [4.78, 5) is 31.2. The zero-order valence-electron chi connectivity index (χ0n) is 13.8. The third-order valence-corrected chi connectivity index (χ3v) is 4.21. The van der Waals surface area contributed by atoms with Crippen molar-refractivity contribution in [1.82, 2.24) is 20.2 Å². The van der Waals surface area contributed by atoms with Crippen LogP contribution in [0.2, 0.25) is 0 Å². The lowest BCUT2D eigenvalue weighted by Gasteiger charge is -2.04. The third-order valence-electron chi connectivity index (χ3n) is 4.21. The van der Waals surface area contributed by atoms with E-state index in [4.69, 9.17) is 0 Å². The lowest BCUT2D eigenvalue weighted by molar-refractivity contribution is -0.116. The molecule has 136 valence electrons. The van der Waals surface area contributed by atoms with Gasteiger partial charge >= 0.3 is 0 Å². The van der Waals surface area contributed by atoms with E-state index in [0.29, 0.717) is 16.6 Å². The molecule has 0 radical (unpaired) electrons. The maximum absolute atomic E-state index is 13.2. The average Bonchev–Trinajstić information content (AvgIpc) is 3.07. The topological polar surface area (TPSA) is 104 Å². The number of anilines is 1. The first-order chi connectivity index (χ1) is 13.0. The molecular formula is C18H13F2N5O2. The fourth-order valence-electron chi connectivity index (χ4n) is 2.89. The largest absolute Gasteiger partial charge is 0.320 e. The van der Waals surface area contributed by atoms with Crippen molar-refractivity contribution in [3.63, 3.8) is 0 Å². The van der Waals surface area contributed by atoms with Crippen molar-refractivity contribution in [3.05, 3.63) is 64.2 Å². The molecule has 1 amide bonds. The van der Waals surface area contributed by atoms with Crippen LogP contribution in [-0.4, -0.2) is 26.1 Å². The molecule has 0 bridgehead atoms. The van der Waals surface area contributed by atoms with Crippen molar-refractivity contribution in [2.24, 2.45) is 0 Å². The van der Waals surface area contributed by atoms with Gasteiger partial charge in [0.15, 0.2) is 17.5 Å². The predicted octanol–water partition coefficient (Wildman–Crippen LogP) is 2.65. The van der Waals surface area contributed by atoms with E-state index in [2.05, 4.69) is 25.5 Å². The van der Waals surface area contributed by atoms with Gasteiger partial charge in [0.25, 0.3) is 5.56 Å². The van der Waals surface area contributed by atoms with Crippen LogP contribution in [0.5, 0.6) is 0 Å². The van der Waals surface area contributed by atoms with Crippen LogP contribution in [0.15, 0.2) is 41.5 Å². The molecule has 3 heterocycles. The van der Waals surface area contributed by atoms with Crippen molar-refractivity contribution in [1.29, 1.82) is 0 Å². The first-order valence-electron chi connectivity index (χ1n) is 8.11. The molecule has 7 nitrogen and oxygen atoms in total. The number of hydrogen-bond donors (Lipinski definition) is 3. The van der Waals surface area contributed by atoms with E-state index in [1.165, 1.54) is 12.3 Å². The van der Waals surface area contributed by atoms with Crippen LogP contribution < -0.4 is 10.9 Å². The number of aromatic nitrogens is 4. The Balaban J connectivity index is 1.56. The quantitative estimate of drug-likeness (QED) is 0.514. The Morgan fingerprint density at radius 3 is 2.85 bits per heavy atom. The lowest BCUT2D eigenvalue weighted by Crippen LogP contribution is -2.15. The summed E-state index contributed by atoms with van der Waals surface area (Å²) in [6.07, 6.45) is 3.35. The summed E-state index contributed by atoms with van der Waals surface area (Å²) in [5, 5.41) is 10.3. The van der Waals surface area contributed by atoms with Crippen LogP contribution in [-0.2, 0) is 11.2 Å². The molecule has 3 N–H and O–H groups in total. The summed E-state index contributed by atoms with van der Waals surface area (Å²) in [7, 11) is 0. The normalized spacial score (nSPS) is 11.2. The molecule has 3 aromatic heterocycles. The summed E-state index contributed by atoms with van der Waals surface area (Å²) in [6.45, 7) is 0. The number of H-pyrrole nitrogens is 2. The van der Waals surface area contributed by atoms with E-state index in [0.717, 1.165) is 17.5 Å². The van der Waals surface area contributed by atoms with Crippen LogP contribution in [0.3, 0.4) is 0 Å². The van der Waals surface area contributed by atoms with E-state index in [-0.39, 0.29) is 24.0 Å². The highest BCUT2D eigenvalue weighted by Gasteiger charge is 2.15. The van der Waals surface area contributed by atoms with E-state index < -0.39 is 23.1 Å². The summed E-state index contributed by atoms with van der Waals surface area (Å²) in [6, 6.07) is 5.21. The summed E-state index contributed by atoms with van der Waals surface area (Å²) in [5.74, 6) is -2.19. The second kappa shape index (κ2) is 6.60. The number of amides is 1. The molecule has 4 aromatic rings. The number of nitrogens with zero attached hydrogens (tertiary/aromatic N) is 2. The molecule has 0 atom stereocenters. The van der Waals surface area contributed by atoms with E-state index in [1.54, 1.807) is 12.3 Å². The van der Waals surface area contributed by atoms with Crippen LogP contribution in [0.4, 0.5) is 14.6 Å². The Morgan fingerprint density at radius 1 is 1.19 bits per heavy atom. The molecule has 0 aliphatic heterocycles. The van der Waals surface area contributed by atoms with Crippen molar-refractivity contribution in [2.45, 2.75) is 12.8 Å². The monoisotopic (exact) mass is 369 g/mol. The number of aromatic amines is 2. The van der Waals surface area contributed by atoms with Crippen molar-refractivity contribution < 1.29 is 13.6 Å². The van der Waals surface area contributed by atoms with Gasteiger partial charge in [-0.2, -0.15) is 5.10 Å². The number of nitrogens with one attached hydrogen (secondary N) is 3. The van der Waals surface area contributed by atoms with Gasteiger partial charge in [0, 0.05) is 18.0 Å². The van der Waals surface area contributed by atoms with Crippen molar-refractivity contribution >= 4 is 33.5 Å². The molecule has 27 heavy (non-hydrogen) atoms. The minimum atomic E-state index is -0.959. The number of pyridine rings is 2. The van der Waals surface area contributed by atoms with Crippen molar-refractivity contribution in [3.8, 4) is 0 Å². The Morgan fingerprint density at radius 2 is 2.04 bits per heavy atom. The molecule has 0 fully saturated rings. The molecule has 0 saturated heterocycles. The number of halogens is 2. The molecule has 9 heteroatoms. The predicted molar refractivity (Wildman–Crippen MR) is 95.3 cm³/mol. The van der Waals surface area contributed by atoms with Gasteiger partial charge in [0.2, 0.25) is 5.91 Å². The van der Waals surface area contributed by atoms with Gasteiger partial charge in [-0.1, -0.05) is 6.07 Å². The number of carbonyl (C=O) groups excluding carboxylic acids is 1. The first kappa shape index (κ1) is 16.8. The maximum Gasteiger partial charge on any atom is 0.261 e. The molecular weight excluding hydrogens is 356 g/mol. The number of carbonyl (C=O) groups is 1. The molecule has 0 spiro atoms. The molecule has 1 aromatic carbocycles. The van der Waals surface area contributed by atoms with Gasteiger partial charge in [-0.05, 0) is 30.2 Å². The first-order valence-corrected chi connectivity index (χ1v) is 8.11. The van der Waals surface area contributed by atoms with E-state index in [9.17, 15) is 18.4 Å². The number of benzene rings is 1. The number of fused-ring (bicyclic) bond motifs is 3. The van der Waals surface area contributed by atoms with Gasteiger partial charge in [0.1, 0.15) is 5.39 Å². The Bertz CT molecular complexity index is 1230. The second-order valence-electron chi connectivity index (χ2n) is 5.99. The smallest absolute Gasteiger partial charge is 0.261 e. The highest BCUT2D eigenvalue weighted by molar-refractivity contribution is 6.08. The summed E-state index contributed by atoms with van der Waals surface area (Å²) < 4.78 is 26.2. The highest BCUT2D eigenvalue weighted by atomic mass is 19.2. The van der Waals surface area contributed by atoms with Gasteiger partial charge in [-0.3, -0.25) is 19.7 Å². The van der Waals surface area contributed by atoms with Crippen molar-refractivity contribution in [2.75, 3.05) is 5.32 Å². The highest BCUT2D eigenvalue weighted by Crippen LogP contribution is 2.23. The Hall–Kier alpha value is -3.62. The third kappa shape index (κ3) is 3.14. The Labute approximate surface area is 150 Å². The van der Waals surface area contributed by atoms with Gasteiger partial charge < -0.3 is 10.3 Å². The minimum Gasteiger partial charge on any atom is -0.320 e. The average molecular weight is 369 g/mol. The van der Waals surface area contributed by atoms with Gasteiger partial charge in [-0.25, -0.2) is 8.78 Å².